The summed E-state index contributed by atoms with van der Waals surface area (Å²) < 4.78 is 40.4. The van der Waals surface area contributed by atoms with Crippen LogP contribution < -0.4 is 10.6 Å². The Bertz CT molecular complexity index is 970. The molecule has 0 bridgehead atoms. The van der Waals surface area contributed by atoms with E-state index in [4.69, 9.17) is 4.99 Å². The molecule has 2 aliphatic heterocycles. The van der Waals surface area contributed by atoms with E-state index in [0.717, 1.165) is 12.4 Å². The van der Waals surface area contributed by atoms with Crippen LogP contribution in [0.1, 0.15) is 18.4 Å². The molecule has 0 unspecified atom stereocenters. The van der Waals surface area contributed by atoms with Gasteiger partial charge in [-0.05, 0) is 42.7 Å². The van der Waals surface area contributed by atoms with Crippen LogP contribution in [0.3, 0.4) is 0 Å². The number of piperidine rings is 1. The second kappa shape index (κ2) is 8.22. The van der Waals surface area contributed by atoms with E-state index in [2.05, 4.69) is 22.8 Å². The molecule has 2 aromatic carbocycles. The van der Waals surface area contributed by atoms with Gasteiger partial charge in [0.15, 0.2) is 0 Å². The monoisotopic (exact) mass is 416 g/mol. The van der Waals surface area contributed by atoms with Crippen molar-refractivity contribution >= 4 is 15.9 Å². The summed E-state index contributed by atoms with van der Waals surface area (Å²) in [4.78, 5) is 4.84. The van der Waals surface area contributed by atoms with Crippen LogP contribution in [0.2, 0.25) is 0 Å². The molecule has 8 heteroatoms. The van der Waals surface area contributed by atoms with Crippen molar-refractivity contribution in [2.24, 2.45) is 4.99 Å². The average molecular weight is 417 g/mol. The molecule has 2 heterocycles. The molecule has 0 saturated carbocycles. The highest BCUT2D eigenvalue weighted by atomic mass is 32.2. The molecule has 2 aromatic rings. The van der Waals surface area contributed by atoms with Crippen molar-refractivity contribution in [2.75, 3.05) is 26.2 Å². The fraction of sp³-hybridized carbons (Fsp3) is 0.381. The van der Waals surface area contributed by atoms with Crippen molar-refractivity contribution in [1.82, 2.24) is 14.9 Å². The Kier molecular flexibility index (Phi) is 5.67. The highest BCUT2D eigenvalue weighted by Crippen LogP contribution is 2.29. The summed E-state index contributed by atoms with van der Waals surface area (Å²) in [6, 6.07) is 15.1. The summed E-state index contributed by atoms with van der Waals surface area (Å²) in [5.74, 6) is 0.463. The van der Waals surface area contributed by atoms with Crippen molar-refractivity contribution in [3.8, 4) is 0 Å². The summed E-state index contributed by atoms with van der Waals surface area (Å²) in [6.45, 7) is 2.94. The minimum Gasteiger partial charge on any atom is -0.368 e. The predicted molar refractivity (Wildman–Crippen MR) is 111 cm³/mol. The summed E-state index contributed by atoms with van der Waals surface area (Å²) in [5.41, 5.74) is 0.842. The normalized spacial score (nSPS) is 19.7. The van der Waals surface area contributed by atoms with Crippen LogP contribution >= 0.6 is 0 Å². The van der Waals surface area contributed by atoms with Gasteiger partial charge in [0, 0.05) is 26.2 Å². The second-order valence-electron chi connectivity index (χ2n) is 7.44. The zero-order valence-electron chi connectivity index (χ0n) is 16.1. The molecule has 6 nitrogen and oxygen atoms in total. The summed E-state index contributed by atoms with van der Waals surface area (Å²) in [6.07, 6.45) is 1.27. The molecule has 1 saturated heterocycles. The van der Waals surface area contributed by atoms with E-state index < -0.39 is 15.8 Å². The molecule has 0 radical (unpaired) electrons. The lowest BCUT2D eigenvalue weighted by atomic mass is 9.85. The molecule has 1 fully saturated rings. The second-order valence-corrected chi connectivity index (χ2v) is 9.37. The van der Waals surface area contributed by atoms with E-state index >= 15 is 0 Å². The first-order chi connectivity index (χ1) is 14.0. The summed E-state index contributed by atoms with van der Waals surface area (Å²) in [7, 11) is -3.63. The topological polar surface area (TPSA) is 73.8 Å². The summed E-state index contributed by atoms with van der Waals surface area (Å²) >= 11 is 0. The molecular weight excluding hydrogens is 391 g/mol. The minimum atomic E-state index is -3.63. The van der Waals surface area contributed by atoms with Gasteiger partial charge in [-0.15, -0.1) is 0 Å². The fourth-order valence-corrected chi connectivity index (χ4v) is 5.42. The Morgan fingerprint density at radius 2 is 1.76 bits per heavy atom. The number of nitrogens with zero attached hydrogens (tertiary/aromatic N) is 2. The molecule has 0 aromatic heterocycles. The van der Waals surface area contributed by atoms with Gasteiger partial charge in [-0.2, -0.15) is 4.31 Å². The van der Waals surface area contributed by atoms with Crippen LogP contribution in [-0.2, 0) is 16.6 Å². The number of nitrogens with one attached hydrogen (secondary N) is 2. The van der Waals surface area contributed by atoms with Gasteiger partial charge in [0.05, 0.1) is 17.0 Å². The average Bonchev–Trinajstić information content (AvgIpc) is 2.75. The van der Waals surface area contributed by atoms with E-state index in [1.54, 1.807) is 0 Å². The van der Waals surface area contributed by atoms with Crippen molar-refractivity contribution in [2.45, 2.75) is 29.8 Å². The smallest absolute Gasteiger partial charge is 0.243 e. The first-order valence-electron chi connectivity index (χ1n) is 9.83. The number of hydrogen-bond donors (Lipinski definition) is 2. The van der Waals surface area contributed by atoms with Gasteiger partial charge in [-0.25, -0.2) is 12.8 Å². The van der Waals surface area contributed by atoms with E-state index in [0.29, 0.717) is 39.0 Å². The molecule has 2 aliphatic rings. The van der Waals surface area contributed by atoms with Crippen LogP contribution in [0.25, 0.3) is 0 Å². The SMILES string of the molecule is O=S(=O)(c1ccc(F)cc1)N1CCC2(CC1)NCCN=C2NCc1ccccc1. The number of hydrogen-bond acceptors (Lipinski definition) is 5. The molecule has 4 rings (SSSR count). The van der Waals surface area contributed by atoms with E-state index in [-0.39, 0.29) is 10.4 Å². The number of halogens is 1. The zero-order chi connectivity index (χ0) is 20.3. The van der Waals surface area contributed by atoms with Crippen molar-refractivity contribution in [3.63, 3.8) is 0 Å². The fourth-order valence-electron chi connectivity index (χ4n) is 3.98. The Morgan fingerprint density at radius 1 is 1.07 bits per heavy atom. The van der Waals surface area contributed by atoms with Gasteiger partial charge in [-0.3, -0.25) is 4.99 Å². The third-order valence-electron chi connectivity index (χ3n) is 5.63. The highest BCUT2D eigenvalue weighted by molar-refractivity contribution is 7.89. The Labute approximate surface area is 170 Å². The van der Waals surface area contributed by atoms with Crippen LogP contribution in [0.5, 0.6) is 0 Å². The molecule has 0 aliphatic carbocycles. The number of rotatable bonds is 4. The zero-order valence-corrected chi connectivity index (χ0v) is 17.0. The van der Waals surface area contributed by atoms with Crippen LogP contribution in [0.15, 0.2) is 64.5 Å². The first kappa shape index (κ1) is 20.0. The lowest BCUT2D eigenvalue weighted by molar-refractivity contribution is 0.241. The maximum absolute atomic E-state index is 13.2. The Morgan fingerprint density at radius 3 is 2.45 bits per heavy atom. The van der Waals surface area contributed by atoms with Gasteiger partial charge >= 0.3 is 0 Å². The van der Waals surface area contributed by atoms with E-state index in [1.807, 2.05) is 18.2 Å². The van der Waals surface area contributed by atoms with Gasteiger partial charge < -0.3 is 10.6 Å². The molecular formula is C21H25FN4O2S. The first-order valence-corrected chi connectivity index (χ1v) is 11.3. The lowest BCUT2D eigenvalue weighted by Gasteiger charge is -2.44. The number of amidine groups is 1. The number of benzene rings is 2. The van der Waals surface area contributed by atoms with Gasteiger partial charge in [0.2, 0.25) is 10.0 Å². The summed E-state index contributed by atoms with van der Waals surface area (Å²) in [5, 5.41) is 7.04. The van der Waals surface area contributed by atoms with Gasteiger partial charge in [0.1, 0.15) is 11.7 Å². The Balaban J connectivity index is 1.45. The Hall–Kier alpha value is -2.29. The molecule has 2 N–H and O–H groups in total. The number of aliphatic imine (C=N–C) groups is 1. The van der Waals surface area contributed by atoms with Crippen molar-refractivity contribution < 1.29 is 12.8 Å². The van der Waals surface area contributed by atoms with Crippen LogP contribution in [0, 0.1) is 5.82 Å². The van der Waals surface area contributed by atoms with Gasteiger partial charge in [0.25, 0.3) is 0 Å². The van der Waals surface area contributed by atoms with E-state index in [9.17, 15) is 12.8 Å². The van der Waals surface area contributed by atoms with Crippen LogP contribution in [0.4, 0.5) is 4.39 Å². The van der Waals surface area contributed by atoms with Crippen molar-refractivity contribution in [3.05, 3.63) is 66.0 Å². The molecule has 0 atom stereocenters. The standard InChI is InChI=1S/C21H25FN4O2S/c22-18-6-8-19(9-7-18)29(27,28)26-14-10-21(11-15-26)20(23-12-13-25-21)24-16-17-4-2-1-3-5-17/h1-9,25H,10-16H2,(H,23,24). The molecule has 154 valence electrons. The van der Waals surface area contributed by atoms with Crippen molar-refractivity contribution in [1.29, 1.82) is 0 Å². The highest BCUT2D eigenvalue weighted by Gasteiger charge is 2.43. The lowest BCUT2D eigenvalue weighted by Crippen LogP contribution is -2.64. The van der Waals surface area contributed by atoms with Crippen LogP contribution in [-0.4, -0.2) is 50.3 Å². The number of sulfonamides is 1. The predicted octanol–water partition coefficient (Wildman–Crippen LogP) is 2.14. The maximum Gasteiger partial charge on any atom is 0.243 e. The molecule has 29 heavy (non-hydrogen) atoms. The molecule has 1 spiro atoms. The quantitative estimate of drug-likeness (QED) is 0.801. The largest absolute Gasteiger partial charge is 0.368 e. The third kappa shape index (κ3) is 4.19. The molecule has 0 amide bonds. The maximum atomic E-state index is 13.2. The van der Waals surface area contributed by atoms with Gasteiger partial charge in [-0.1, -0.05) is 30.3 Å². The third-order valence-corrected chi connectivity index (χ3v) is 7.54. The minimum absolute atomic E-state index is 0.127. The van der Waals surface area contributed by atoms with E-state index in [1.165, 1.54) is 34.1 Å².